The Balaban J connectivity index is 2.44. The molecule has 1 heterocycles. The van der Waals surface area contributed by atoms with Gasteiger partial charge in [-0.2, -0.15) is 0 Å². The molecule has 0 amide bonds. The topological polar surface area (TPSA) is 54.4 Å². The van der Waals surface area contributed by atoms with Crippen LogP contribution in [0.1, 0.15) is 89.3 Å². The van der Waals surface area contributed by atoms with E-state index in [-0.39, 0.29) is 0 Å². The van der Waals surface area contributed by atoms with Crippen LogP contribution in [0.15, 0.2) is 6.20 Å². The van der Waals surface area contributed by atoms with Crippen LogP contribution in [0.4, 0.5) is 5.69 Å². The summed E-state index contributed by atoms with van der Waals surface area (Å²) in [4.78, 5) is 4.53. The van der Waals surface area contributed by atoms with Gasteiger partial charge in [0.25, 0.3) is 0 Å². The molecule has 0 aromatic carbocycles. The molecule has 0 radical (unpaired) electrons. The van der Waals surface area contributed by atoms with Crippen LogP contribution >= 0.6 is 0 Å². The van der Waals surface area contributed by atoms with Gasteiger partial charge in [0.1, 0.15) is 5.75 Å². The zero-order chi connectivity index (χ0) is 18.3. The molecule has 0 bridgehead atoms. The molecule has 1 aromatic heterocycles. The summed E-state index contributed by atoms with van der Waals surface area (Å²) in [6.07, 6.45) is 12.7. The Kier molecular flexibility index (Phi) is 7.55. The van der Waals surface area contributed by atoms with Gasteiger partial charge in [-0.15, -0.1) is 0 Å². The molecular weight excluding hydrogens is 312 g/mol. The first-order valence-electron chi connectivity index (χ1n) is 10.1. The van der Waals surface area contributed by atoms with E-state index in [4.69, 9.17) is 4.74 Å². The number of aromatic nitrogens is 1. The summed E-state index contributed by atoms with van der Waals surface area (Å²) in [6.45, 7) is 6.26. The third kappa shape index (κ3) is 4.87. The van der Waals surface area contributed by atoms with E-state index in [0.29, 0.717) is 6.04 Å². The second kappa shape index (κ2) is 9.42. The molecule has 0 saturated heterocycles. The fourth-order valence-corrected chi connectivity index (χ4v) is 4.13. The summed E-state index contributed by atoms with van der Waals surface area (Å²) in [5.74, 6) is 0.743. The molecule has 0 aliphatic heterocycles. The number of ether oxygens (including phenoxy) is 1. The Bertz CT molecular complexity index is 541. The molecule has 2 N–H and O–H groups in total. The minimum absolute atomic E-state index is 0.471. The maximum absolute atomic E-state index is 11.6. The summed E-state index contributed by atoms with van der Waals surface area (Å²) >= 11 is 0. The van der Waals surface area contributed by atoms with Gasteiger partial charge in [0.15, 0.2) is 0 Å². The molecule has 142 valence electrons. The van der Waals surface area contributed by atoms with E-state index in [2.05, 4.69) is 24.1 Å². The fourth-order valence-electron chi connectivity index (χ4n) is 4.13. The molecule has 1 aliphatic carbocycles. The molecular formula is C21H36N2O2. The first-order valence-corrected chi connectivity index (χ1v) is 10.1. The largest absolute Gasteiger partial charge is 0.494 e. The Hall–Kier alpha value is -1.29. The summed E-state index contributed by atoms with van der Waals surface area (Å²) in [5, 5.41) is 15.3. The number of methoxy groups -OCH3 is 1. The molecule has 4 heteroatoms. The SMILES string of the molecule is CCCCC(O)(CCC)c1c(NC2CCCCC2)cnc(C)c1OC. The van der Waals surface area contributed by atoms with Crippen LogP contribution in [0.5, 0.6) is 5.75 Å². The number of anilines is 1. The predicted molar refractivity (Wildman–Crippen MR) is 104 cm³/mol. The second-order valence-electron chi connectivity index (χ2n) is 7.53. The standard InChI is InChI=1S/C21H36N2O2/c1-5-7-14-21(24,13-6-2)19-18(15-22-16(3)20(19)25-4)23-17-11-9-8-10-12-17/h15,17,23-24H,5-14H2,1-4H3. The Morgan fingerprint density at radius 3 is 2.52 bits per heavy atom. The highest BCUT2D eigenvalue weighted by Gasteiger charge is 2.35. The van der Waals surface area contributed by atoms with Crippen LogP contribution in [-0.4, -0.2) is 23.2 Å². The lowest BCUT2D eigenvalue weighted by Crippen LogP contribution is -2.30. The monoisotopic (exact) mass is 348 g/mol. The normalized spacial score (nSPS) is 18.0. The number of nitrogens with one attached hydrogen (secondary N) is 1. The van der Waals surface area contributed by atoms with Crippen molar-refractivity contribution in [2.45, 2.75) is 96.6 Å². The van der Waals surface area contributed by atoms with E-state index in [1.165, 1.54) is 32.1 Å². The Morgan fingerprint density at radius 2 is 1.92 bits per heavy atom. The molecule has 4 nitrogen and oxygen atoms in total. The van der Waals surface area contributed by atoms with Crippen LogP contribution < -0.4 is 10.1 Å². The molecule has 1 atom stereocenters. The summed E-state index contributed by atoms with van der Waals surface area (Å²) in [7, 11) is 1.68. The highest BCUT2D eigenvalue weighted by atomic mass is 16.5. The first-order chi connectivity index (χ1) is 12.1. The third-order valence-electron chi connectivity index (χ3n) is 5.45. The van der Waals surface area contributed by atoms with Gasteiger partial charge in [-0.05, 0) is 32.6 Å². The lowest BCUT2D eigenvalue weighted by atomic mass is 9.82. The van der Waals surface area contributed by atoms with Crippen molar-refractivity contribution in [3.63, 3.8) is 0 Å². The molecule has 1 fully saturated rings. The van der Waals surface area contributed by atoms with Gasteiger partial charge in [-0.25, -0.2) is 0 Å². The van der Waals surface area contributed by atoms with Gasteiger partial charge < -0.3 is 15.2 Å². The van der Waals surface area contributed by atoms with Crippen molar-refractivity contribution in [3.8, 4) is 5.75 Å². The zero-order valence-corrected chi connectivity index (χ0v) is 16.5. The van der Waals surface area contributed by atoms with Crippen LogP contribution in [-0.2, 0) is 5.60 Å². The van der Waals surface area contributed by atoms with E-state index in [9.17, 15) is 5.11 Å². The molecule has 0 spiro atoms. The lowest BCUT2D eigenvalue weighted by Gasteiger charge is -2.34. The minimum atomic E-state index is -0.860. The number of pyridine rings is 1. The number of nitrogens with zero attached hydrogens (tertiary/aromatic N) is 1. The van der Waals surface area contributed by atoms with Crippen molar-refractivity contribution >= 4 is 5.69 Å². The van der Waals surface area contributed by atoms with Gasteiger partial charge in [0.2, 0.25) is 0 Å². The van der Waals surface area contributed by atoms with Crippen molar-refractivity contribution in [1.29, 1.82) is 0 Å². The zero-order valence-electron chi connectivity index (χ0n) is 16.5. The van der Waals surface area contributed by atoms with Crippen molar-refractivity contribution in [2.24, 2.45) is 0 Å². The van der Waals surface area contributed by atoms with Gasteiger partial charge in [-0.1, -0.05) is 52.4 Å². The molecule has 1 saturated carbocycles. The van der Waals surface area contributed by atoms with E-state index in [1.807, 2.05) is 13.1 Å². The number of hydrogen-bond donors (Lipinski definition) is 2. The quantitative estimate of drug-likeness (QED) is 0.634. The van der Waals surface area contributed by atoms with Gasteiger partial charge in [0, 0.05) is 6.04 Å². The van der Waals surface area contributed by atoms with Crippen molar-refractivity contribution in [2.75, 3.05) is 12.4 Å². The fraction of sp³-hybridized carbons (Fsp3) is 0.762. The van der Waals surface area contributed by atoms with Crippen molar-refractivity contribution < 1.29 is 9.84 Å². The first kappa shape index (κ1) is 20.0. The summed E-state index contributed by atoms with van der Waals surface area (Å²) in [6, 6.07) is 0.471. The highest BCUT2D eigenvalue weighted by molar-refractivity contribution is 5.61. The molecule has 25 heavy (non-hydrogen) atoms. The smallest absolute Gasteiger partial charge is 0.148 e. The van der Waals surface area contributed by atoms with Crippen LogP contribution in [0.3, 0.4) is 0 Å². The molecule has 1 aromatic rings. The predicted octanol–water partition coefficient (Wildman–Crippen LogP) is 5.32. The van der Waals surface area contributed by atoms with Crippen molar-refractivity contribution in [1.82, 2.24) is 4.98 Å². The molecule has 1 unspecified atom stereocenters. The van der Waals surface area contributed by atoms with Gasteiger partial charge >= 0.3 is 0 Å². The number of unbranched alkanes of at least 4 members (excludes halogenated alkanes) is 1. The maximum atomic E-state index is 11.6. The Morgan fingerprint density at radius 1 is 1.20 bits per heavy atom. The van der Waals surface area contributed by atoms with E-state index >= 15 is 0 Å². The number of hydrogen-bond acceptors (Lipinski definition) is 4. The number of aliphatic hydroxyl groups is 1. The van der Waals surface area contributed by atoms with Crippen LogP contribution in [0.2, 0.25) is 0 Å². The average Bonchev–Trinajstić information content (AvgIpc) is 2.62. The van der Waals surface area contributed by atoms with Crippen LogP contribution in [0, 0.1) is 6.92 Å². The number of aryl methyl sites for hydroxylation is 1. The van der Waals surface area contributed by atoms with E-state index < -0.39 is 5.60 Å². The minimum Gasteiger partial charge on any atom is -0.494 e. The molecule has 2 rings (SSSR count). The van der Waals surface area contributed by atoms with Crippen LogP contribution in [0.25, 0.3) is 0 Å². The summed E-state index contributed by atoms with van der Waals surface area (Å²) < 4.78 is 5.72. The highest BCUT2D eigenvalue weighted by Crippen LogP contribution is 2.43. The third-order valence-corrected chi connectivity index (χ3v) is 5.45. The number of rotatable bonds is 9. The second-order valence-corrected chi connectivity index (χ2v) is 7.53. The van der Waals surface area contributed by atoms with Gasteiger partial charge in [-0.3, -0.25) is 4.98 Å². The Labute approximate surface area is 153 Å². The lowest BCUT2D eigenvalue weighted by molar-refractivity contribution is 0.0138. The maximum Gasteiger partial charge on any atom is 0.148 e. The van der Waals surface area contributed by atoms with Crippen molar-refractivity contribution in [3.05, 3.63) is 17.5 Å². The molecule has 1 aliphatic rings. The van der Waals surface area contributed by atoms with E-state index in [0.717, 1.165) is 54.8 Å². The average molecular weight is 349 g/mol. The summed E-state index contributed by atoms with van der Waals surface area (Å²) in [5.41, 5.74) is 1.86. The van der Waals surface area contributed by atoms with Gasteiger partial charge in [0.05, 0.1) is 35.9 Å². The van der Waals surface area contributed by atoms with E-state index in [1.54, 1.807) is 7.11 Å².